The summed E-state index contributed by atoms with van der Waals surface area (Å²) in [6.07, 6.45) is 0. The van der Waals surface area contributed by atoms with E-state index in [1.165, 1.54) is 0 Å². The Morgan fingerprint density at radius 2 is 1.85 bits per heavy atom. The summed E-state index contributed by atoms with van der Waals surface area (Å²) >= 11 is 6.46. The molecule has 0 saturated heterocycles. The van der Waals surface area contributed by atoms with Gasteiger partial charge >= 0.3 is 0 Å². The van der Waals surface area contributed by atoms with E-state index in [9.17, 15) is 4.79 Å². The summed E-state index contributed by atoms with van der Waals surface area (Å²) < 4.78 is 6.23. The quantitative estimate of drug-likeness (QED) is 0.911. The van der Waals surface area contributed by atoms with Crippen molar-refractivity contribution in [2.45, 2.75) is 0 Å². The van der Waals surface area contributed by atoms with Gasteiger partial charge in [-0.05, 0) is 44.0 Å². The van der Waals surface area contributed by atoms with Crippen LogP contribution in [-0.4, -0.2) is 13.0 Å². The number of rotatable bonds is 2. The third kappa shape index (κ3) is 2.22. The highest BCUT2D eigenvalue weighted by atomic mass is 79.9. The van der Waals surface area contributed by atoms with E-state index < -0.39 is 5.91 Å². The van der Waals surface area contributed by atoms with Crippen LogP contribution in [-0.2, 0) is 0 Å². The average molecular weight is 309 g/mol. The monoisotopic (exact) mass is 307 g/mol. The van der Waals surface area contributed by atoms with E-state index >= 15 is 0 Å². The van der Waals surface area contributed by atoms with Crippen LogP contribution < -0.4 is 10.5 Å². The molecule has 0 bridgehead atoms. The summed E-state index contributed by atoms with van der Waals surface area (Å²) in [6, 6.07) is 3.37. The molecule has 0 heterocycles. The minimum Gasteiger partial charge on any atom is -0.497 e. The zero-order valence-corrected chi connectivity index (χ0v) is 9.98. The maximum absolute atomic E-state index is 11.0. The Morgan fingerprint density at radius 1 is 1.38 bits per heavy atom. The van der Waals surface area contributed by atoms with Crippen LogP contribution >= 0.6 is 31.9 Å². The second-order valence-electron chi connectivity index (χ2n) is 2.33. The minimum absolute atomic E-state index is 0.417. The predicted octanol–water partition coefficient (Wildman–Crippen LogP) is 2.32. The van der Waals surface area contributed by atoms with E-state index in [0.29, 0.717) is 20.3 Å². The Morgan fingerprint density at radius 3 is 2.15 bits per heavy atom. The lowest BCUT2D eigenvalue weighted by Crippen LogP contribution is -2.12. The molecule has 0 saturated carbocycles. The first kappa shape index (κ1) is 10.5. The van der Waals surface area contributed by atoms with Crippen molar-refractivity contribution >= 4 is 37.8 Å². The van der Waals surface area contributed by atoms with Crippen molar-refractivity contribution < 1.29 is 9.53 Å². The Kier molecular flexibility index (Phi) is 3.33. The lowest BCUT2D eigenvalue weighted by molar-refractivity contribution is 0.0999. The number of methoxy groups -OCH3 is 1. The number of halogens is 2. The number of ether oxygens (including phenoxy) is 1. The van der Waals surface area contributed by atoms with Crippen LogP contribution in [0.2, 0.25) is 0 Å². The molecule has 2 N–H and O–H groups in total. The molecule has 0 aliphatic heterocycles. The largest absolute Gasteiger partial charge is 0.497 e. The van der Waals surface area contributed by atoms with E-state index in [0.717, 1.165) is 0 Å². The molecule has 1 aromatic rings. The second kappa shape index (κ2) is 4.11. The summed E-state index contributed by atoms with van der Waals surface area (Å²) in [5.41, 5.74) is 5.58. The third-order valence-corrected chi connectivity index (χ3v) is 2.75. The van der Waals surface area contributed by atoms with Gasteiger partial charge in [-0.15, -0.1) is 0 Å². The van der Waals surface area contributed by atoms with Crippen LogP contribution in [0.25, 0.3) is 0 Å². The van der Waals surface area contributed by atoms with Gasteiger partial charge in [-0.1, -0.05) is 0 Å². The lowest BCUT2D eigenvalue weighted by atomic mass is 10.2. The maximum Gasteiger partial charge on any atom is 0.251 e. The Balaban J connectivity index is 3.31. The molecule has 13 heavy (non-hydrogen) atoms. The number of carbonyl (C=O) groups is 1. The van der Waals surface area contributed by atoms with Crippen LogP contribution in [0, 0.1) is 0 Å². The molecular formula is C8H7Br2NO2. The fourth-order valence-corrected chi connectivity index (χ4v) is 2.44. The SMILES string of the molecule is COc1cc(Br)c(C(N)=O)c(Br)c1. The summed E-state index contributed by atoms with van der Waals surface area (Å²) in [4.78, 5) is 11.0. The third-order valence-electron chi connectivity index (χ3n) is 1.50. The van der Waals surface area contributed by atoms with Crippen molar-refractivity contribution in [3.8, 4) is 5.75 Å². The average Bonchev–Trinajstić information content (AvgIpc) is 2.02. The number of hydrogen-bond donors (Lipinski definition) is 1. The molecule has 0 aromatic heterocycles. The van der Waals surface area contributed by atoms with Crippen molar-refractivity contribution in [3.05, 3.63) is 26.6 Å². The summed E-state index contributed by atoms with van der Waals surface area (Å²) in [5.74, 6) is 0.171. The first-order valence-corrected chi connectivity index (χ1v) is 4.97. The fourth-order valence-electron chi connectivity index (χ4n) is 0.903. The van der Waals surface area contributed by atoms with Gasteiger partial charge in [0.15, 0.2) is 0 Å². The predicted molar refractivity (Wildman–Crippen MR) is 56.9 cm³/mol. The van der Waals surface area contributed by atoms with Crippen molar-refractivity contribution in [2.75, 3.05) is 7.11 Å². The molecule has 0 radical (unpaired) electrons. The topological polar surface area (TPSA) is 52.3 Å². The van der Waals surface area contributed by atoms with Gasteiger partial charge in [0, 0.05) is 8.95 Å². The molecule has 3 nitrogen and oxygen atoms in total. The minimum atomic E-state index is -0.485. The molecule has 0 aliphatic carbocycles. The number of carbonyl (C=O) groups excluding carboxylic acids is 1. The van der Waals surface area contributed by atoms with Crippen molar-refractivity contribution in [3.63, 3.8) is 0 Å². The van der Waals surface area contributed by atoms with Gasteiger partial charge in [0.1, 0.15) is 5.75 Å². The summed E-state index contributed by atoms with van der Waals surface area (Å²) in [6.45, 7) is 0. The Bertz CT molecular complexity index is 329. The number of benzene rings is 1. The van der Waals surface area contributed by atoms with Crippen LogP contribution in [0.15, 0.2) is 21.1 Å². The van der Waals surface area contributed by atoms with Gasteiger partial charge < -0.3 is 10.5 Å². The number of primary amides is 1. The first-order valence-electron chi connectivity index (χ1n) is 3.39. The molecule has 1 rings (SSSR count). The van der Waals surface area contributed by atoms with Crippen LogP contribution in [0.5, 0.6) is 5.75 Å². The lowest BCUT2D eigenvalue weighted by Gasteiger charge is -2.06. The number of amides is 1. The highest BCUT2D eigenvalue weighted by Gasteiger charge is 2.12. The summed E-state index contributed by atoms with van der Waals surface area (Å²) in [7, 11) is 1.55. The fraction of sp³-hybridized carbons (Fsp3) is 0.125. The standard InChI is InChI=1S/C8H7Br2NO2/c1-13-4-2-5(9)7(8(11)12)6(10)3-4/h2-3H,1H3,(H2,11,12). The molecule has 1 amide bonds. The van der Waals surface area contributed by atoms with Crippen molar-refractivity contribution in [1.29, 1.82) is 0 Å². The zero-order valence-electron chi connectivity index (χ0n) is 6.80. The van der Waals surface area contributed by atoms with Crippen LogP contribution in [0.4, 0.5) is 0 Å². The highest BCUT2D eigenvalue weighted by Crippen LogP contribution is 2.30. The van der Waals surface area contributed by atoms with E-state index in [1.807, 2.05) is 0 Å². The molecule has 0 atom stereocenters. The van der Waals surface area contributed by atoms with Gasteiger partial charge in [0.05, 0.1) is 12.7 Å². The van der Waals surface area contributed by atoms with E-state index in [2.05, 4.69) is 31.9 Å². The second-order valence-corrected chi connectivity index (χ2v) is 4.04. The van der Waals surface area contributed by atoms with Crippen molar-refractivity contribution in [2.24, 2.45) is 5.73 Å². The molecule has 0 aliphatic rings. The molecule has 0 unspecified atom stereocenters. The van der Waals surface area contributed by atoms with E-state index in [4.69, 9.17) is 10.5 Å². The molecule has 1 aromatic carbocycles. The first-order chi connectivity index (χ1) is 6.06. The van der Waals surface area contributed by atoms with Crippen molar-refractivity contribution in [1.82, 2.24) is 0 Å². The number of nitrogens with two attached hydrogens (primary N) is 1. The van der Waals surface area contributed by atoms with E-state index in [1.54, 1.807) is 19.2 Å². The van der Waals surface area contributed by atoms with Crippen LogP contribution in [0.3, 0.4) is 0 Å². The summed E-state index contributed by atoms with van der Waals surface area (Å²) in [5, 5.41) is 0. The van der Waals surface area contributed by atoms with Gasteiger partial charge in [-0.25, -0.2) is 0 Å². The highest BCUT2D eigenvalue weighted by molar-refractivity contribution is 9.11. The smallest absolute Gasteiger partial charge is 0.251 e. The maximum atomic E-state index is 11.0. The molecule has 70 valence electrons. The van der Waals surface area contributed by atoms with Crippen LogP contribution in [0.1, 0.15) is 10.4 Å². The molecular weight excluding hydrogens is 302 g/mol. The molecule has 0 fully saturated rings. The zero-order chi connectivity index (χ0) is 10.0. The Hall–Kier alpha value is -0.550. The van der Waals surface area contributed by atoms with Gasteiger partial charge in [0.25, 0.3) is 5.91 Å². The normalized spacial score (nSPS) is 9.77. The van der Waals surface area contributed by atoms with Gasteiger partial charge in [-0.3, -0.25) is 4.79 Å². The number of hydrogen-bond acceptors (Lipinski definition) is 2. The van der Waals surface area contributed by atoms with E-state index in [-0.39, 0.29) is 0 Å². The Labute approximate surface area is 92.5 Å². The molecule has 5 heteroatoms. The van der Waals surface area contributed by atoms with Gasteiger partial charge in [-0.2, -0.15) is 0 Å². The van der Waals surface area contributed by atoms with Gasteiger partial charge in [0.2, 0.25) is 0 Å². The molecule has 0 spiro atoms.